The Morgan fingerprint density at radius 2 is 1.81 bits per heavy atom. The van der Waals surface area contributed by atoms with Gasteiger partial charge in [0.05, 0.1) is 17.3 Å². The number of aliphatic hydroxyl groups is 2. The monoisotopic (exact) mass is 583 g/mol. The summed E-state index contributed by atoms with van der Waals surface area (Å²) in [5, 5.41) is 23.2. The lowest BCUT2D eigenvalue weighted by atomic mass is 9.64. The topological polar surface area (TPSA) is 60.8 Å². The molecule has 2 bridgehead atoms. The Bertz CT molecular complexity index is 1310. The molecule has 3 aliphatic carbocycles. The first kappa shape index (κ1) is 31.0. The van der Waals surface area contributed by atoms with Gasteiger partial charge in [-0.15, -0.1) is 0 Å². The Hall–Kier alpha value is -2.48. The first-order valence-electron chi connectivity index (χ1n) is 15.5. The van der Waals surface area contributed by atoms with Crippen molar-refractivity contribution in [3.8, 4) is 0 Å². The molecular weight excluding hydrogens is 539 g/mol. The highest BCUT2D eigenvalue weighted by Gasteiger charge is 2.57. The number of carbonyl (C=O) groups is 1. The second-order valence-electron chi connectivity index (χ2n) is 13.2. The highest BCUT2D eigenvalue weighted by molar-refractivity contribution is 6.10. The molecule has 7 heteroatoms. The summed E-state index contributed by atoms with van der Waals surface area (Å²) in [5.74, 6) is -0.600. The first-order valence-corrected chi connectivity index (χ1v) is 15.5. The fraction of sp³-hybridized carbons (Fsp3) is 0.571. The number of fused-ring (bicyclic) bond motifs is 8. The number of hydrogen-bond acceptors (Lipinski definition) is 4. The highest BCUT2D eigenvalue weighted by atomic mass is 19.4. The molecule has 2 fully saturated rings. The Balaban J connectivity index is 1.60. The van der Waals surface area contributed by atoms with Crippen LogP contribution in [0.5, 0.6) is 0 Å². The summed E-state index contributed by atoms with van der Waals surface area (Å²) >= 11 is 0. The maximum absolute atomic E-state index is 14.1. The molecule has 4 aliphatic rings. The number of piperidine rings is 1. The van der Waals surface area contributed by atoms with Crippen LogP contribution in [0.4, 0.5) is 13.2 Å². The van der Waals surface area contributed by atoms with Crippen LogP contribution in [0.2, 0.25) is 0 Å². The largest absolute Gasteiger partial charge is 0.416 e. The molecule has 1 heterocycles. The number of hydrogen-bond donors (Lipinski definition) is 2. The first-order chi connectivity index (χ1) is 19.9. The van der Waals surface area contributed by atoms with Gasteiger partial charge in [0.25, 0.3) is 0 Å². The lowest BCUT2D eigenvalue weighted by Gasteiger charge is -2.46. The zero-order valence-electron chi connectivity index (χ0n) is 24.8. The Labute approximate surface area is 247 Å². The number of ketones is 1. The third-order valence-corrected chi connectivity index (χ3v) is 10.3. The molecule has 6 rings (SSSR count). The lowest BCUT2D eigenvalue weighted by Crippen LogP contribution is -2.53. The minimum atomic E-state index is -4.56. The molecule has 2 N–H and O–H groups in total. The SMILES string of the molecule is CC1=CCCC2(C)C(CCC2(O)CN2CCCCC2)c2ccc(cc2C(=O)c2cccc(C(F)(F)F)c2)CC(O)CC1. The predicted octanol–water partition coefficient (Wildman–Crippen LogP) is 7.46. The van der Waals surface area contributed by atoms with E-state index in [1.54, 1.807) is 6.07 Å². The normalized spacial score (nSPS) is 29.5. The van der Waals surface area contributed by atoms with E-state index in [0.29, 0.717) is 37.8 Å². The molecule has 2 aromatic carbocycles. The summed E-state index contributed by atoms with van der Waals surface area (Å²) in [7, 11) is 0. The number of aliphatic hydroxyl groups excluding tert-OH is 1. The maximum Gasteiger partial charge on any atom is 0.416 e. The van der Waals surface area contributed by atoms with Gasteiger partial charge in [0.1, 0.15) is 0 Å². The average Bonchev–Trinajstić information content (AvgIpc) is 3.20. The minimum absolute atomic E-state index is 0.00766. The summed E-state index contributed by atoms with van der Waals surface area (Å²) in [6, 6.07) is 10.3. The zero-order valence-corrected chi connectivity index (χ0v) is 24.8. The number of benzene rings is 2. The third kappa shape index (κ3) is 6.39. The Kier molecular flexibility index (Phi) is 9.03. The van der Waals surface area contributed by atoms with Gasteiger partial charge in [-0.25, -0.2) is 0 Å². The van der Waals surface area contributed by atoms with Gasteiger partial charge in [-0.1, -0.05) is 49.3 Å². The van der Waals surface area contributed by atoms with Gasteiger partial charge in [0.15, 0.2) is 5.78 Å². The van der Waals surface area contributed by atoms with Crippen molar-refractivity contribution < 1.29 is 28.2 Å². The van der Waals surface area contributed by atoms with E-state index >= 15 is 0 Å². The number of nitrogens with zero attached hydrogens (tertiary/aromatic N) is 1. The molecule has 4 nitrogen and oxygen atoms in total. The van der Waals surface area contributed by atoms with Crippen molar-refractivity contribution in [3.63, 3.8) is 0 Å². The Morgan fingerprint density at radius 3 is 2.55 bits per heavy atom. The molecule has 0 amide bonds. The molecule has 0 aromatic heterocycles. The second kappa shape index (κ2) is 12.3. The van der Waals surface area contributed by atoms with Crippen LogP contribution in [-0.4, -0.2) is 52.2 Å². The van der Waals surface area contributed by atoms with E-state index in [2.05, 4.69) is 24.8 Å². The summed E-state index contributed by atoms with van der Waals surface area (Å²) < 4.78 is 40.7. The van der Waals surface area contributed by atoms with Gasteiger partial charge in [-0.05, 0) is 113 Å². The summed E-state index contributed by atoms with van der Waals surface area (Å²) in [4.78, 5) is 16.4. The van der Waals surface area contributed by atoms with E-state index in [0.717, 1.165) is 68.5 Å². The van der Waals surface area contributed by atoms with Crippen LogP contribution in [-0.2, 0) is 12.6 Å². The maximum atomic E-state index is 14.1. The van der Waals surface area contributed by atoms with Crippen LogP contribution >= 0.6 is 0 Å². The van der Waals surface area contributed by atoms with Crippen molar-refractivity contribution in [2.75, 3.05) is 19.6 Å². The summed E-state index contributed by atoms with van der Waals surface area (Å²) in [5.41, 5.74) is 0.793. The zero-order chi connectivity index (χ0) is 30.1. The van der Waals surface area contributed by atoms with Crippen LogP contribution in [0.1, 0.15) is 110 Å². The van der Waals surface area contributed by atoms with Gasteiger partial charge < -0.3 is 15.1 Å². The van der Waals surface area contributed by atoms with Crippen molar-refractivity contribution in [3.05, 3.63) is 81.9 Å². The van der Waals surface area contributed by atoms with Crippen molar-refractivity contribution >= 4 is 5.78 Å². The molecule has 42 heavy (non-hydrogen) atoms. The van der Waals surface area contributed by atoms with E-state index in [1.165, 1.54) is 24.1 Å². The number of carbonyl (C=O) groups excluding carboxylic acids is 1. The van der Waals surface area contributed by atoms with Gasteiger partial charge in [-0.3, -0.25) is 4.79 Å². The molecule has 1 saturated heterocycles. The van der Waals surface area contributed by atoms with Crippen molar-refractivity contribution in [1.82, 2.24) is 4.90 Å². The number of halogens is 3. The van der Waals surface area contributed by atoms with E-state index in [1.807, 2.05) is 12.1 Å². The van der Waals surface area contributed by atoms with E-state index in [-0.39, 0.29) is 11.5 Å². The molecule has 4 unspecified atom stereocenters. The van der Waals surface area contributed by atoms with Crippen molar-refractivity contribution in [2.45, 2.75) is 102 Å². The number of alkyl halides is 3. The molecule has 1 saturated carbocycles. The smallest absolute Gasteiger partial charge is 0.393 e. The average molecular weight is 584 g/mol. The molecular formula is C35H44F3NO3. The van der Waals surface area contributed by atoms with Crippen molar-refractivity contribution in [2.24, 2.45) is 5.41 Å². The third-order valence-electron chi connectivity index (χ3n) is 10.3. The molecule has 1 aliphatic heterocycles. The molecule has 2 aromatic rings. The van der Waals surface area contributed by atoms with Gasteiger partial charge in [-0.2, -0.15) is 13.2 Å². The fourth-order valence-corrected chi connectivity index (χ4v) is 7.68. The van der Waals surface area contributed by atoms with Gasteiger partial charge in [0.2, 0.25) is 0 Å². The van der Waals surface area contributed by atoms with Crippen LogP contribution in [0.25, 0.3) is 0 Å². The van der Waals surface area contributed by atoms with Crippen LogP contribution in [0.15, 0.2) is 54.1 Å². The van der Waals surface area contributed by atoms with Gasteiger partial charge >= 0.3 is 6.18 Å². The van der Waals surface area contributed by atoms with Crippen LogP contribution < -0.4 is 0 Å². The van der Waals surface area contributed by atoms with E-state index in [9.17, 15) is 28.2 Å². The minimum Gasteiger partial charge on any atom is -0.393 e. The molecule has 0 spiro atoms. The lowest BCUT2D eigenvalue weighted by molar-refractivity contribution is -0.137. The van der Waals surface area contributed by atoms with E-state index < -0.39 is 34.6 Å². The van der Waals surface area contributed by atoms with E-state index in [4.69, 9.17) is 0 Å². The molecule has 228 valence electrons. The highest BCUT2D eigenvalue weighted by Crippen LogP contribution is 2.59. The van der Waals surface area contributed by atoms with Crippen LogP contribution in [0, 0.1) is 5.41 Å². The number of rotatable bonds is 4. The van der Waals surface area contributed by atoms with Crippen molar-refractivity contribution in [1.29, 1.82) is 0 Å². The number of β-amino-alcohol motifs (C(OH)–C–C–N with tert-alkyl or cyclic N) is 1. The predicted molar refractivity (Wildman–Crippen MR) is 159 cm³/mol. The molecule has 0 radical (unpaired) electrons. The van der Waals surface area contributed by atoms with Crippen LogP contribution in [0.3, 0.4) is 0 Å². The molecule has 4 atom stereocenters. The standard InChI is InChI=1S/C35H44F3NO3/c1-24-8-7-16-33(2)31(15-17-34(33,42)23-39-18-4-3-5-19-39)29-14-12-25(20-28(40)13-11-24)21-30(29)32(41)26-9-6-10-27(22-26)35(36,37)38/h6,8-10,12,14,21-22,28,31,40,42H,3-5,7,11,13,15-20,23H2,1-2H3. The summed E-state index contributed by atoms with van der Waals surface area (Å²) in [6.45, 7) is 6.77. The summed E-state index contributed by atoms with van der Waals surface area (Å²) in [6.07, 6.45) is 5.02. The van der Waals surface area contributed by atoms with Gasteiger partial charge in [0, 0.05) is 23.1 Å². The number of likely N-dealkylation sites (tertiary alicyclic amines) is 1. The fourth-order valence-electron chi connectivity index (χ4n) is 7.68. The number of allylic oxidation sites excluding steroid dienone is 2. The second-order valence-corrected chi connectivity index (χ2v) is 13.2. The Morgan fingerprint density at radius 1 is 1.05 bits per heavy atom. The quantitative estimate of drug-likeness (QED) is 0.290.